The van der Waals surface area contributed by atoms with Crippen LogP contribution in [0, 0.1) is 5.82 Å². The van der Waals surface area contributed by atoms with Gasteiger partial charge in [0.25, 0.3) is 0 Å². The minimum Gasteiger partial charge on any atom is -0.494 e. The molecule has 0 bridgehead atoms. The van der Waals surface area contributed by atoms with Gasteiger partial charge < -0.3 is 10.1 Å². The van der Waals surface area contributed by atoms with Gasteiger partial charge in [-0.2, -0.15) is 0 Å². The maximum atomic E-state index is 13.2. The average molecular weight is 294 g/mol. The van der Waals surface area contributed by atoms with Crippen molar-refractivity contribution < 1.29 is 9.13 Å². The van der Waals surface area contributed by atoms with E-state index in [2.05, 4.69) is 12.2 Å². The lowest BCUT2D eigenvalue weighted by molar-refractivity contribution is 0.317. The largest absolute Gasteiger partial charge is 0.494 e. The van der Waals surface area contributed by atoms with Crippen LogP contribution < -0.4 is 10.1 Å². The first-order valence-corrected chi connectivity index (χ1v) is 6.97. The summed E-state index contributed by atoms with van der Waals surface area (Å²) in [6.45, 7) is 3.33. The van der Waals surface area contributed by atoms with E-state index < -0.39 is 0 Å². The van der Waals surface area contributed by atoms with E-state index in [1.54, 1.807) is 6.07 Å². The van der Waals surface area contributed by atoms with E-state index in [9.17, 15) is 4.39 Å². The Kier molecular flexibility index (Phi) is 5.24. The predicted octanol–water partition coefficient (Wildman–Crippen LogP) is 4.88. The summed E-state index contributed by atoms with van der Waals surface area (Å²) in [4.78, 5) is 0. The third-order valence-electron chi connectivity index (χ3n) is 2.78. The Morgan fingerprint density at radius 2 is 2.05 bits per heavy atom. The van der Waals surface area contributed by atoms with Gasteiger partial charge in [-0.15, -0.1) is 0 Å². The molecule has 2 aromatic carbocycles. The van der Waals surface area contributed by atoms with Crippen LogP contribution in [-0.4, -0.2) is 6.61 Å². The maximum absolute atomic E-state index is 13.2. The van der Waals surface area contributed by atoms with Crippen molar-refractivity contribution in [2.45, 2.75) is 19.9 Å². The molecule has 0 aliphatic heterocycles. The Bertz CT molecular complexity index is 574. The summed E-state index contributed by atoms with van der Waals surface area (Å²) in [6, 6.07) is 12.1. The van der Waals surface area contributed by atoms with Gasteiger partial charge in [0.05, 0.1) is 17.3 Å². The zero-order valence-corrected chi connectivity index (χ0v) is 12.1. The van der Waals surface area contributed by atoms with Crippen molar-refractivity contribution in [3.63, 3.8) is 0 Å². The zero-order valence-electron chi connectivity index (χ0n) is 11.3. The van der Waals surface area contributed by atoms with Crippen LogP contribution in [-0.2, 0) is 6.54 Å². The zero-order chi connectivity index (χ0) is 14.4. The van der Waals surface area contributed by atoms with E-state index in [1.165, 1.54) is 12.1 Å². The van der Waals surface area contributed by atoms with E-state index >= 15 is 0 Å². The Hall–Kier alpha value is -1.74. The quantitative estimate of drug-likeness (QED) is 0.819. The summed E-state index contributed by atoms with van der Waals surface area (Å²) in [5, 5.41) is 3.63. The van der Waals surface area contributed by atoms with E-state index in [4.69, 9.17) is 16.3 Å². The van der Waals surface area contributed by atoms with Crippen LogP contribution in [0.4, 0.5) is 10.1 Å². The van der Waals surface area contributed by atoms with Crippen molar-refractivity contribution in [3.05, 3.63) is 58.9 Å². The Balaban J connectivity index is 2.01. The van der Waals surface area contributed by atoms with Gasteiger partial charge in [0.1, 0.15) is 11.6 Å². The third-order valence-corrected chi connectivity index (χ3v) is 3.11. The van der Waals surface area contributed by atoms with E-state index in [0.29, 0.717) is 23.9 Å². The molecule has 0 saturated carbocycles. The lowest BCUT2D eigenvalue weighted by atomic mass is 10.2. The van der Waals surface area contributed by atoms with Crippen LogP contribution in [0.5, 0.6) is 5.75 Å². The molecule has 0 heterocycles. The molecule has 0 atom stereocenters. The number of halogens is 2. The van der Waals surface area contributed by atoms with Crippen LogP contribution in [0.15, 0.2) is 42.5 Å². The smallest absolute Gasteiger partial charge is 0.125 e. The molecule has 2 aromatic rings. The Morgan fingerprint density at radius 3 is 2.85 bits per heavy atom. The van der Waals surface area contributed by atoms with Gasteiger partial charge in [0, 0.05) is 6.54 Å². The van der Waals surface area contributed by atoms with Crippen LogP contribution in [0.3, 0.4) is 0 Å². The van der Waals surface area contributed by atoms with Gasteiger partial charge >= 0.3 is 0 Å². The summed E-state index contributed by atoms with van der Waals surface area (Å²) < 4.78 is 18.7. The topological polar surface area (TPSA) is 21.3 Å². The SMILES string of the molecule is CCCOc1cccc(CNc2cc(F)ccc2Cl)c1. The number of rotatable bonds is 6. The summed E-state index contributed by atoms with van der Waals surface area (Å²) in [5.41, 5.74) is 1.64. The Morgan fingerprint density at radius 1 is 1.20 bits per heavy atom. The average Bonchev–Trinajstić information content (AvgIpc) is 2.46. The fourth-order valence-electron chi connectivity index (χ4n) is 1.80. The molecule has 0 fully saturated rings. The van der Waals surface area contributed by atoms with E-state index in [1.807, 2.05) is 24.3 Å². The molecule has 2 rings (SSSR count). The molecular formula is C16H17ClFNO. The molecule has 0 aliphatic carbocycles. The van der Waals surface area contributed by atoms with Gasteiger partial charge in [-0.05, 0) is 42.3 Å². The lowest BCUT2D eigenvalue weighted by Crippen LogP contribution is -2.01. The number of anilines is 1. The summed E-state index contributed by atoms with van der Waals surface area (Å²) in [6.07, 6.45) is 0.974. The molecule has 0 saturated heterocycles. The number of hydrogen-bond acceptors (Lipinski definition) is 2. The number of benzene rings is 2. The number of hydrogen-bond donors (Lipinski definition) is 1. The molecule has 20 heavy (non-hydrogen) atoms. The predicted molar refractivity (Wildman–Crippen MR) is 81.0 cm³/mol. The highest BCUT2D eigenvalue weighted by Gasteiger charge is 2.02. The van der Waals surface area contributed by atoms with Crippen LogP contribution in [0.1, 0.15) is 18.9 Å². The van der Waals surface area contributed by atoms with Crippen molar-refractivity contribution in [1.29, 1.82) is 0 Å². The first-order chi connectivity index (χ1) is 9.69. The first kappa shape index (κ1) is 14.7. The summed E-state index contributed by atoms with van der Waals surface area (Å²) in [5.74, 6) is 0.536. The minimum atomic E-state index is -0.308. The highest BCUT2D eigenvalue weighted by molar-refractivity contribution is 6.33. The summed E-state index contributed by atoms with van der Waals surface area (Å²) in [7, 11) is 0. The minimum absolute atomic E-state index is 0.308. The number of ether oxygens (including phenoxy) is 1. The second-order valence-electron chi connectivity index (χ2n) is 4.47. The number of nitrogens with one attached hydrogen (secondary N) is 1. The van der Waals surface area contributed by atoms with Crippen molar-refractivity contribution >= 4 is 17.3 Å². The second kappa shape index (κ2) is 7.15. The van der Waals surface area contributed by atoms with Gasteiger partial charge in [-0.25, -0.2) is 4.39 Å². The van der Waals surface area contributed by atoms with E-state index in [-0.39, 0.29) is 5.82 Å². The fraction of sp³-hybridized carbons (Fsp3) is 0.250. The van der Waals surface area contributed by atoms with Crippen LogP contribution >= 0.6 is 11.6 Å². The van der Waals surface area contributed by atoms with E-state index in [0.717, 1.165) is 17.7 Å². The van der Waals surface area contributed by atoms with Crippen molar-refractivity contribution in [2.75, 3.05) is 11.9 Å². The lowest BCUT2D eigenvalue weighted by Gasteiger charge is -2.10. The van der Waals surface area contributed by atoms with Gasteiger partial charge in [-0.1, -0.05) is 30.7 Å². The molecule has 0 radical (unpaired) electrons. The van der Waals surface area contributed by atoms with Crippen molar-refractivity contribution in [3.8, 4) is 5.75 Å². The highest BCUT2D eigenvalue weighted by atomic mass is 35.5. The summed E-state index contributed by atoms with van der Waals surface area (Å²) >= 11 is 6.01. The van der Waals surface area contributed by atoms with Crippen molar-refractivity contribution in [1.82, 2.24) is 0 Å². The fourth-order valence-corrected chi connectivity index (χ4v) is 1.98. The monoisotopic (exact) mass is 293 g/mol. The second-order valence-corrected chi connectivity index (χ2v) is 4.88. The van der Waals surface area contributed by atoms with Gasteiger partial charge in [-0.3, -0.25) is 0 Å². The molecule has 0 amide bonds. The third kappa shape index (κ3) is 4.14. The standard InChI is InChI=1S/C16H17ClFNO/c1-2-8-20-14-5-3-4-12(9-14)11-19-16-10-13(18)6-7-15(16)17/h3-7,9-10,19H,2,8,11H2,1H3. The maximum Gasteiger partial charge on any atom is 0.125 e. The highest BCUT2D eigenvalue weighted by Crippen LogP contribution is 2.23. The molecule has 0 unspecified atom stereocenters. The van der Waals surface area contributed by atoms with Crippen LogP contribution in [0.25, 0.3) is 0 Å². The first-order valence-electron chi connectivity index (χ1n) is 6.59. The molecule has 106 valence electrons. The molecular weight excluding hydrogens is 277 g/mol. The Labute approximate surface area is 123 Å². The van der Waals surface area contributed by atoms with Crippen LogP contribution in [0.2, 0.25) is 5.02 Å². The molecule has 1 N–H and O–H groups in total. The van der Waals surface area contributed by atoms with Gasteiger partial charge in [0.2, 0.25) is 0 Å². The molecule has 0 aliphatic rings. The van der Waals surface area contributed by atoms with Crippen molar-refractivity contribution in [2.24, 2.45) is 0 Å². The van der Waals surface area contributed by atoms with Gasteiger partial charge in [0.15, 0.2) is 0 Å². The molecule has 0 aromatic heterocycles. The normalized spacial score (nSPS) is 10.3. The molecule has 2 nitrogen and oxygen atoms in total. The molecule has 4 heteroatoms. The molecule has 0 spiro atoms.